The number of carbonyl (C=O) groups excluding carboxylic acids is 1. The van der Waals surface area contributed by atoms with E-state index < -0.39 is 16.9 Å². The number of benzene rings is 4. The number of phenols is 1. The van der Waals surface area contributed by atoms with Gasteiger partial charge in [-0.1, -0.05) is 137 Å². The number of carboxylic acids is 1. The van der Waals surface area contributed by atoms with Crippen molar-refractivity contribution < 1.29 is 47.6 Å². The average molecular weight is 1120 g/mol. The van der Waals surface area contributed by atoms with Gasteiger partial charge >= 0.3 is 11.9 Å². The summed E-state index contributed by atoms with van der Waals surface area (Å²) in [6, 6.07) is 24.1. The van der Waals surface area contributed by atoms with Gasteiger partial charge in [-0.3, -0.25) is 4.79 Å². The molecule has 0 spiro atoms. The molecule has 346 valence electrons. The number of carbonyl (C=O) groups is 2. The predicted octanol–water partition coefficient (Wildman–Crippen LogP) is 14.6. The van der Waals surface area contributed by atoms with Gasteiger partial charge in [-0.15, -0.1) is 0 Å². The predicted molar refractivity (Wildman–Crippen MR) is 261 cm³/mol. The van der Waals surface area contributed by atoms with Gasteiger partial charge in [0.05, 0.1) is 31.5 Å². The fraction of sp³-hybridized carbons (Fsp3) is 0.319. The number of halogens is 5. The summed E-state index contributed by atoms with van der Waals surface area (Å²) in [5, 5.41) is 20.4. The number of rotatable bonds is 18. The smallest absolute Gasteiger partial charge is 0.349 e. The number of aliphatic carboxylic acids is 1. The number of esters is 1. The van der Waals surface area contributed by atoms with Gasteiger partial charge in [0, 0.05) is 37.8 Å². The average Bonchev–Trinajstić information content (AvgIpc) is 3.94. The highest BCUT2D eigenvalue weighted by molar-refractivity contribution is 9.11. The first-order valence-corrected chi connectivity index (χ1v) is 22.5. The molecule has 0 radical (unpaired) electrons. The summed E-state index contributed by atoms with van der Waals surface area (Å²) in [6.07, 6.45) is 5.98. The van der Waals surface area contributed by atoms with E-state index in [4.69, 9.17) is 46.2 Å². The number of unbranched alkanes of at least 4 members (excludes halogenated alkanes) is 2. The maximum Gasteiger partial charge on any atom is 0.349 e. The zero-order valence-electron chi connectivity index (χ0n) is 34.0. The molecule has 0 bridgehead atoms. The third-order valence-electron chi connectivity index (χ3n) is 8.42. The Kier molecular flexibility index (Phi) is 25.6. The Bertz CT molecular complexity index is 2340. The molecular formula is C47H53Br3Cl2N2O10. The highest BCUT2D eigenvalue weighted by atomic mass is 79.9. The van der Waals surface area contributed by atoms with Crippen molar-refractivity contribution in [3.05, 3.63) is 139 Å². The lowest BCUT2D eigenvalue weighted by Gasteiger charge is -2.17. The van der Waals surface area contributed by atoms with Gasteiger partial charge in [0.1, 0.15) is 40.2 Å². The standard InChI is InChI=1S/C22H21BrClNO5.C14H16ClNO3.C9H8Br2O2.2CH4/c1-2-3-9-28-12-17-13-29-21(25-17)18-11-16(24)7-8-19(18)30-20(22(26)27)14-5-4-6-15(23)10-14;1-2-3-6-18-8-11-9-19-14(16-11)12-7-10(15)4-5-13(12)17;1-13-9(12)8(11)6-3-2-4-7(10)5-6;;/h4-8,10-11,13,20H,2-3,9,12H2,1H3,(H,26,27);4-5,7,9,17H,2-3,6,8H2,1H3;2-5,8H,1H3;2*1H4. The molecule has 0 amide bonds. The van der Waals surface area contributed by atoms with Crippen molar-refractivity contribution >= 4 is 82.9 Å². The Morgan fingerprint density at radius 1 is 0.734 bits per heavy atom. The Hall–Kier alpha value is -4.22. The number of aromatic nitrogens is 2. The summed E-state index contributed by atoms with van der Waals surface area (Å²) >= 11 is 22.0. The number of methoxy groups -OCH3 is 1. The summed E-state index contributed by atoms with van der Waals surface area (Å²) in [5.41, 5.74) is 3.64. The monoisotopic (exact) mass is 1110 g/mol. The lowest BCUT2D eigenvalue weighted by Crippen LogP contribution is -2.18. The van der Waals surface area contributed by atoms with Gasteiger partial charge in [0.2, 0.25) is 17.9 Å². The normalized spacial score (nSPS) is 11.3. The van der Waals surface area contributed by atoms with Crippen molar-refractivity contribution in [3.8, 4) is 34.4 Å². The maximum absolute atomic E-state index is 11.9. The fourth-order valence-electron chi connectivity index (χ4n) is 5.25. The molecule has 0 aliphatic carbocycles. The van der Waals surface area contributed by atoms with E-state index in [2.05, 4.69) is 76.3 Å². The minimum Gasteiger partial charge on any atom is -0.507 e. The van der Waals surface area contributed by atoms with Crippen LogP contribution in [0.2, 0.25) is 10.0 Å². The summed E-state index contributed by atoms with van der Waals surface area (Å²) in [6.45, 7) is 6.30. The molecule has 2 aromatic heterocycles. The van der Waals surface area contributed by atoms with Crippen molar-refractivity contribution in [1.82, 2.24) is 9.97 Å². The van der Waals surface area contributed by atoms with Crippen LogP contribution in [0.3, 0.4) is 0 Å². The van der Waals surface area contributed by atoms with Crippen molar-refractivity contribution in [2.45, 2.75) is 78.5 Å². The van der Waals surface area contributed by atoms with Crippen molar-refractivity contribution in [1.29, 1.82) is 0 Å². The zero-order valence-corrected chi connectivity index (χ0v) is 40.3. The summed E-state index contributed by atoms with van der Waals surface area (Å²) < 4.78 is 34.1. The molecule has 64 heavy (non-hydrogen) atoms. The minimum atomic E-state index is -1.21. The molecule has 2 unspecified atom stereocenters. The Labute approximate surface area is 410 Å². The van der Waals surface area contributed by atoms with E-state index >= 15 is 0 Å². The second-order valence-electron chi connectivity index (χ2n) is 13.2. The fourth-order valence-corrected chi connectivity index (χ4v) is 6.90. The van der Waals surface area contributed by atoms with E-state index in [-0.39, 0.29) is 32.5 Å². The molecule has 0 saturated carbocycles. The molecule has 4 aromatic carbocycles. The second kappa shape index (κ2) is 29.3. The van der Waals surface area contributed by atoms with Gasteiger partial charge in [-0.05, 0) is 79.1 Å². The number of hydrogen-bond donors (Lipinski definition) is 2. The van der Waals surface area contributed by atoms with Crippen LogP contribution in [-0.4, -0.2) is 52.4 Å². The molecule has 0 aliphatic heterocycles. The molecular weight excluding hydrogens is 1060 g/mol. The summed E-state index contributed by atoms with van der Waals surface area (Å²) in [5.74, 6) is -0.407. The molecule has 2 N–H and O–H groups in total. The lowest BCUT2D eigenvalue weighted by molar-refractivity contribution is -0.145. The number of alkyl halides is 1. The van der Waals surface area contributed by atoms with E-state index in [9.17, 15) is 19.8 Å². The quantitative estimate of drug-likeness (QED) is 0.0476. The van der Waals surface area contributed by atoms with Crippen LogP contribution in [0.25, 0.3) is 22.9 Å². The van der Waals surface area contributed by atoms with Gasteiger partial charge in [0.15, 0.2) is 0 Å². The summed E-state index contributed by atoms with van der Waals surface area (Å²) in [7, 11) is 1.37. The molecule has 6 rings (SSSR count). The van der Waals surface area contributed by atoms with Gasteiger partial charge in [0.25, 0.3) is 0 Å². The highest BCUT2D eigenvalue weighted by Crippen LogP contribution is 2.36. The number of carboxylic acid groups (broad SMARTS) is 1. The molecule has 17 heteroatoms. The van der Waals surface area contributed by atoms with Crippen LogP contribution in [0.5, 0.6) is 11.5 Å². The molecule has 6 aromatic rings. The minimum absolute atomic E-state index is 0. The van der Waals surface area contributed by atoms with Crippen molar-refractivity contribution in [3.63, 3.8) is 0 Å². The Morgan fingerprint density at radius 3 is 1.75 bits per heavy atom. The van der Waals surface area contributed by atoms with E-state index in [0.717, 1.165) is 40.2 Å². The number of hydrogen-bond acceptors (Lipinski definition) is 11. The number of phenolic OH excluding ortho intramolecular Hbond substituents is 1. The van der Waals surface area contributed by atoms with Crippen LogP contribution in [0.4, 0.5) is 0 Å². The van der Waals surface area contributed by atoms with Crippen LogP contribution in [0.15, 0.2) is 115 Å². The van der Waals surface area contributed by atoms with E-state index in [0.29, 0.717) is 76.2 Å². The summed E-state index contributed by atoms with van der Waals surface area (Å²) in [4.78, 5) is 31.3. The van der Waals surface area contributed by atoms with Crippen LogP contribution in [-0.2, 0) is 37.0 Å². The molecule has 0 fully saturated rings. The molecule has 0 saturated heterocycles. The van der Waals surface area contributed by atoms with Crippen LogP contribution in [0, 0.1) is 0 Å². The van der Waals surface area contributed by atoms with Gasteiger partial charge in [-0.25, -0.2) is 14.8 Å². The topological polar surface area (TPSA) is 164 Å². The Balaban J connectivity index is 0.000000355. The van der Waals surface area contributed by atoms with Crippen LogP contribution >= 0.6 is 71.0 Å². The SMILES string of the molecule is C.C.CCCCOCc1coc(-c2cc(Cl)ccc2O)n1.CCCCOCc1coc(-c2cc(Cl)ccc2OC(C(=O)O)c2cccc(Br)c2)n1.COC(=O)C(Br)c1cccc(Br)c1. The molecule has 12 nitrogen and oxygen atoms in total. The lowest BCUT2D eigenvalue weighted by atomic mass is 10.1. The first kappa shape index (κ1) is 55.9. The molecule has 0 aliphatic rings. The van der Waals surface area contributed by atoms with E-state index in [1.807, 2.05) is 30.3 Å². The third kappa shape index (κ3) is 18.0. The van der Waals surface area contributed by atoms with Gasteiger partial charge in [-0.2, -0.15) is 0 Å². The maximum atomic E-state index is 11.9. The number of ether oxygens (including phenoxy) is 4. The molecule has 2 atom stereocenters. The van der Waals surface area contributed by atoms with E-state index in [1.165, 1.54) is 25.7 Å². The zero-order chi connectivity index (χ0) is 45.0. The van der Waals surface area contributed by atoms with E-state index in [1.54, 1.807) is 48.5 Å². The van der Waals surface area contributed by atoms with Crippen molar-refractivity contribution in [2.24, 2.45) is 0 Å². The van der Waals surface area contributed by atoms with Crippen molar-refractivity contribution in [2.75, 3.05) is 20.3 Å². The van der Waals surface area contributed by atoms with Gasteiger partial charge < -0.3 is 38.0 Å². The molecule has 2 heterocycles. The Morgan fingerprint density at radius 2 is 1.23 bits per heavy atom. The van der Waals surface area contributed by atoms with Crippen LogP contribution < -0.4 is 4.74 Å². The van der Waals surface area contributed by atoms with Crippen LogP contribution in [0.1, 0.15) is 87.8 Å². The first-order chi connectivity index (χ1) is 29.8. The first-order valence-electron chi connectivity index (χ1n) is 19.3. The largest absolute Gasteiger partial charge is 0.507 e. The number of nitrogens with zero attached hydrogens (tertiary/aromatic N) is 2. The number of oxazole rings is 2. The highest BCUT2D eigenvalue weighted by Gasteiger charge is 2.25. The third-order valence-corrected chi connectivity index (χ3v) is 10.8. The second-order valence-corrected chi connectivity index (χ2v) is 16.9. The number of aromatic hydroxyl groups is 1.